The number of carbonyl (C=O) groups is 1. The molecule has 0 atom stereocenters. The van der Waals surface area contributed by atoms with Gasteiger partial charge in [0.15, 0.2) is 0 Å². The van der Waals surface area contributed by atoms with Gasteiger partial charge in [-0.05, 0) is 19.1 Å². The molecule has 0 aliphatic rings. The lowest BCUT2D eigenvalue weighted by Gasteiger charge is -2.03. The van der Waals surface area contributed by atoms with E-state index in [1.807, 2.05) is 31.2 Å². The summed E-state index contributed by atoms with van der Waals surface area (Å²) >= 11 is 1.25. The molecule has 0 aliphatic heterocycles. The molecule has 1 heterocycles. The zero-order valence-electron chi connectivity index (χ0n) is 11.9. The van der Waals surface area contributed by atoms with Crippen LogP contribution in [0.5, 0.6) is 5.75 Å². The molecule has 21 heavy (non-hydrogen) atoms. The number of benzene rings is 1. The van der Waals surface area contributed by atoms with Crippen LogP contribution in [0.1, 0.15) is 25.9 Å². The molecule has 2 aromatic rings. The van der Waals surface area contributed by atoms with Crippen LogP contribution in [-0.4, -0.2) is 18.0 Å². The molecule has 0 bridgehead atoms. The fourth-order valence-corrected chi connectivity index (χ4v) is 2.60. The Hall–Kier alpha value is -1.96. The van der Waals surface area contributed by atoms with Gasteiger partial charge in [-0.15, -0.1) is 11.3 Å². The molecule has 0 aliphatic carbocycles. The topological polar surface area (TPSA) is 86.5 Å². The van der Waals surface area contributed by atoms with E-state index in [1.165, 1.54) is 16.9 Å². The van der Waals surface area contributed by atoms with Crippen molar-refractivity contribution in [3.05, 3.63) is 45.4 Å². The number of nitrogen functional groups attached to an aromatic ring is 1. The largest absolute Gasteiger partial charge is 0.486 e. The number of nitrogens with one attached hydrogen (secondary N) is 1. The minimum absolute atomic E-state index is 0.254. The van der Waals surface area contributed by atoms with Crippen molar-refractivity contribution >= 4 is 17.2 Å². The van der Waals surface area contributed by atoms with E-state index in [0.717, 1.165) is 5.75 Å². The van der Waals surface area contributed by atoms with E-state index in [9.17, 15) is 4.79 Å². The smallest absolute Gasteiger partial charge is 0.277 e. The lowest BCUT2D eigenvalue weighted by molar-refractivity contribution is 0.0952. The lowest BCUT2D eigenvalue weighted by Crippen LogP contribution is -2.30. The summed E-state index contributed by atoms with van der Waals surface area (Å²) in [5.41, 5.74) is 3.84. The lowest BCUT2D eigenvalue weighted by atomic mass is 10.2. The van der Waals surface area contributed by atoms with E-state index >= 15 is 0 Å². The standard InChI is InChI=1S/C14H17N3O3S/c1-9-3-5-10(6-4-9)20-8-12-16-11(7-19-2)13(21-12)14(18)17-15/h3-6H,7-8,15H2,1-2H3,(H,17,18). The first-order valence-corrected chi connectivity index (χ1v) is 7.13. The molecular weight excluding hydrogens is 290 g/mol. The Morgan fingerprint density at radius 3 is 2.67 bits per heavy atom. The van der Waals surface area contributed by atoms with E-state index in [4.69, 9.17) is 15.3 Å². The molecule has 0 saturated carbocycles. The van der Waals surface area contributed by atoms with Crippen molar-refractivity contribution in [3.63, 3.8) is 0 Å². The van der Waals surface area contributed by atoms with Gasteiger partial charge in [0, 0.05) is 7.11 Å². The summed E-state index contributed by atoms with van der Waals surface area (Å²) in [4.78, 5) is 16.5. The molecule has 7 heteroatoms. The maximum absolute atomic E-state index is 11.7. The van der Waals surface area contributed by atoms with Gasteiger partial charge in [-0.2, -0.15) is 0 Å². The number of nitrogens with zero attached hydrogens (tertiary/aromatic N) is 1. The van der Waals surface area contributed by atoms with Crippen molar-refractivity contribution in [2.75, 3.05) is 7.11 Å². The maximum Gasteiger partial charge on any atom is 0.277 e. The van der Waals surface area contributed by atoms with Crippen LogP contribution in [0.3, 0.4) is 0 Å². The molecule has 6 nitrogen and oxygen atoms in total. The van der Waals surface area contributed by atoms with Crippen LogP contribution in [0.15, 0.2) is 24.3 Å². The second kappa shape index (κ2) is 7.16. The van der Waals surface area contributed by atoms with E-state index in [1.54, 1.807) is 7.11 Å². The number of carbonyl (C=O) groups excluding carboxylic acids is 1. The Labute approximate surface area is 126 Å². The Bertz CT molecular complexity index is 610. The fraction of sp³-hybridized carbons (Fsp3) is 0.286. The summed E-state index contributed by atoms with van der Waals surface area (Å²) in [7, 11) is 1.55. The number of amides is 1. The van der Waals surface area contributed by atoms with Crippen molar-refractivity contribution in [1.82, 2.24) is 10.4 Å². The monoisotopic (exact) mass is 307 g/mol. The predicted octanol–water partition coefficient (Wildman–Crippen LogP) is 1.78. The molecule has 3 N–H and O–H groups in total. The van der Waals surface area contributed by atoms with Crippen molar-refractivity contribution in [1.29, 1.82) is 0 Å². The third kappa shape index (κ3) is 4.01. The molecule has 1 amide bonds. The minimum Gasteiger partial charge on any atom is -0.486 e. The summed E-state index contributed by atoms with van der Waals surface area (Å²) in [5, 5.41) is 0.696. The molecule has 0 radical (unpaired) electrons. The number of nitrogens with two attached hydrogens (primary N) is 1. The van der Waals surface area contributed by atoms with Gasteiger partial charge in [0.05, 0.1) is 12.3 Å². The molecule has 0 fully saturated rings. The SMILES string of the molecule is COCc1nc(COc2ccc(C)cc2)sc1C(=O)NN. The van der Waals surface area contributed by atoms with Crippen molar-refractivity contribution in [2.45, 2.75) is 20.1 Å². The second-order valence-electron chi connectivity index (χ2n) is 4.39. The Kier molecular flexibility index (Phi) is 5.26. The van der Waals surface area contributed by atoms with E-state index < -0.39 is 0 Å². The average molecular weight is 307 g/mol. The minimum atomic E-state index is -0.374. The van der Waals surface area contributed by atoms with Gasteiger partial charge < -0.3 is 9.47 Å². The molecule has 1 aromatic heterocycles. The van der Waals surface area contributed by atoms with Gasteiger partial charge in [-0.1, -0.05) is 17.7 Å². The third-order valence-electron chi connectivity index (χ3n) is 2.74. The number of aromatic nitrogens is 1. The highest BCUT2D eigenvalue weighted by Gasteiger charge is 2.17. The van der Waals surface area contributed by atoms with Crippen LogP contribution in [0.4, 0.5) is 0 Å². The van der Waals surface area contributed by atoms with Crippen molar-refractivity contribution in [3.8, 4) is 5.75 Å². The van der Waals surface area contributed by atoms with Gasteiger partial charge in [-0.25, -0.2) is 10.8 Å². The van der Waals surface area contributed by atoms with Gasteiger partial charge in [0.2, 0.25) is 0 Å². The van der Waals surface area contributed by atoms with Crippen LogP contribution >= 0.6 is 11.3 Å². The summed E-state index contributed by atoms with van der Waals surface area (Å²) in [5.74, 6) is 5.55. The fourth-order valence-electron chi connectivity index (χ4n) is 1.72. The average Bonchev–Trinajstić information content (AvgIpc) is 2.89. The zero-order valence-corrected chi connectivity index (χ0v) is 12.7. The molecule has 0 spiro atoms. The molecule has 0 unspecified atom stereocenters. The number of hydrogen-bond acceptors (Lipinski definition) is 6. The Morgan fingerprint density at radius 2 is 2.05 bits per heavy atom. The highest BCUT2D eigenvalue weighted by Crippen LogP contribution is 2.21. The van der Waals surface area contributed by atoms with E-state index in [2.05, 4.69) is 10.4 Å². The Morgan fingerprint density at radius 1 is 1.33 bits per heavy atom. The van der Waals surface area contributed by atoms with Crippen LogP contribution in [0.25, 0.3) is 0 Å². The van der Waals surface area contributed by atoms with Gasteiger partial charge >= 0.3 is 0 Å². The summed E-state index contributed by atoms with van der Waals surface area (Å²) in [6.07, 6.45) is 0. The quantitative estimate of drug-likeness (QED) is 0.482. The zero-order chi connectivity index (χ0) is 15.2. The van der Waals surface area contributed by atoms with Crippen molar-refractivity contribution < 1.29 is 14.3 Å². The molecular formula is C14H17N3O3S. The number of ether oxygens (including phenoxy) is 2. The highest BCUT2D eigenvalue weighted by atomic mass is 32.1. The van der Waals surface area contributed by atoms with Gasteiger partial charge in [0.1, 0.15) is 22.2 Å². The second-order valence-corrected chi connectivity index (χ2v) is 5.48. The number of methoxy groups -OCH3 is 1. The number of aryl methyl sites for hydroxylation is 1. The maximum atomic E-state index is 11.7. The summed E-state index contributed by atoms with van der Waals surface area (Å²) < 4.78 is 10.7. The van der Waals surface area contributed by atoms with Crippen LogP contribution in [-0.2, 0) is 18.0 Å². The summed E-state index contributed by atoms with van der Waals surface area (Å²) in [6, 6.07) is 7.74. The third-order valence-corrected chi connectivity index (χ3v) is 3.81. The molecule has 2 rings (SSSR count). The molecule has 0 saturated heterocycles. The van der Waals surface area contributed by atoms with Crippen molar-refractivity contribution in [2.24, 2.45) is 5.84 Å². The normalized spacial score (nSPS) is 10.4. The Balaban J connectivity index is 2.09. The first kappa shape index (κ1) is 15.4. The number of rotatable bonds is 6. The van der Waals surface area contributed by atoms with Gasteiger partial charge in [-0.3, -0.25) is 10.2 Å². The first-order valence-electron chi connectivity index (χ1n) is 6.32. The first-order chi connectivity index (χ1) is 10.1. The van der Waals surface area contributed by atoms with Crippen LogP contribution in [0, 0.1) is 6.92 Å². The molecule has 1 aromatic carbocycles. The van der Waals surface area contributed by atoms with Crippen LogP contribution in [0.2, 0.25) is 0 Å². The number of hydrazine groups is 1. The number of hydrogen-bond donors (Lipinski definition) is 2. The van der Waals surface area contributed by atoms with E-state index in [0.29, 0.717) is 22.2 Å². The summed E-state index contributed by atoms with van der Waals surface area (Å²) in [6.45, 7) is 2.56. The highest BCUT2D eigenvalue weighted by molar-refractivity contribution is 7.13. The van der Waals surface area contributed by atoms with Gasteiger partial charge in [0.25, 0.3) is 5.91 Å². The van der Waals surface area contributed by atoms with E-state index in [-0.39, 0.29) is 12.5 Å². The van der Waals surface area contributed by atoms with Crippen LogP contribution < -0.4 is 16.0 Å². The predicted molar refractivity (Wildman–Crippen MR) is 80.0 cm³/mol. The molecule has 112 valence electrons. The number of thiazole rings is 1.